The Labute approximate surface area is 191 Å². The molecule has 2 heterocycles. The summed E-state index contributed by atoms with van der Waals surface area (Å²) in [6.45, 7) is 2.76. The summed E-state index contributed by atoms with van der Waals surface area (Å²) in [5.74, 6) is 0.486. The van der Waals surface area contributed by atoms with Crippen molar-refractivity contribution in [3.8, 4) is 5.75 Å². The van der Waals surface area contributed by atoms with Crippen molar-refractivity contribution in [1.29, 1.82) is 0 Å². The fraction of sp³-hybridized carbons (Fsp3) is 0.231. The van der Waals surface area contributed by atoms with Crippen LogP contribution in [0.4, 0.5) is 17.1 Å². The molecule has 7 nitrogen and oxygen atoms in total. The van der Waals surface area contributed by atoms with E-state index in [9.17, 15) is 9.59 Å². The van der Waals surface area contributed by atoms with Gasteiger partial charge in [0.25, 0.3) is 0 Å². The van der Waals surface area contributed by atoms with Crippen LogP contribution in [0.5, 0.6) is 5.75 Å². The predicted molar refractivity (Wildman–Crippen MR) is 130 cm³/mol. The van der Waals surface area contributed by atoms with Gasteiger partial charge in [-0.05, 0) is 43.2 Å². The van der Waals surface area contributed by atoms with Gasteiger partial charge in [-0.25, -0.2) is 0 Å². The fourth-order valence-corrected chi connectivity index (χ4v) is 4.40. The number of ether oxygens (including phenoxy) is 1. The van der Waals surface area contributed by atoms with Crippen molar-refractivity contribution in [3.63, 3.8) is 0 Å². The average molecular weight is 444 g/mol. The van der Waals surface area contributed by atoms with E-state index in [-0.39, 0.29) is 18.4 Å². The molecule has 5 rings (SSSR count). The monoisotopic (exact) mass is 443 g/mol. The average Bonchev–Trinajstić information content (AvgIpc) is 3.40. The van der Waals surface area contributed by atoms with Crippen LogP contribution in [0.3, 0.4) is 0 Å². The molecule has 2 N–H and O–H groups in total. The molecule has 168 valence electrons. The number of carbonyl (C=O) groups excluding carboxylic acids is 2. The molecule has 2 amide bonds. The van der Waals surface area contributed by atoms with Gasteiger partial charge in [-0.15, -0.1) is 0 Å². The molecule has 1 aliphatic rings. The number of fused-ring (bicyclic) bond motifs is 3. The second kappa shape index (κ2) is 8.50. The van der Waals surface area contributed by atoms with Crippen LogP contribution in [0.25, 0.3) is 21.9 Å². The number of anilines is 3. The van der Waals surface area contributed by atoms with Crippen LogP contribution in [0.15, 0.2) is 59.0 Å². The van der Waals surface area contributed by atoms with Gasteiger partial charge in [-0.3, -0.25) is 9.59 Å². The highest BCUT2D eigenvalue weighted by Crippen LogP contribution is 2.36. The summed E-state index contributed by atoms with van der Waals surface area (Å²) in [4.78, 5) is 26.7. The van der Waals surface area contributed by atoms with Gasteiger partial charge in [0.05, 0.1) is 19.3 Å². The number of rotatable bonds is 6. The van der Waals surface area contributed by atoms with Crippen LogP contribution < -0.4 is 20.3 Å². The minimum Gasteiger partial charge on any atom is -0.495 e. The minimum absolute atomic E-state index is 0.0690. The van der Waals surface area contributed by atoms with Gasteiger partial charge in [0.15, 0.2) is 0 Å². The Morgan fingerprint density at radius 2 is 1.91 bits per heavy atom. The Hall–Kier alpha value is -4.00. The van der Waals surface area contributed by atoms with Gasteiger partial charge in [-0.2, -0.15) is 0 Å². The van der Waals surface area contributed by atoms with E-state index in [2.05, 4.69) is 10.6 Å². The van der Waals surface area contributed by atoms with E-state index >= 15 is 0 Å². The van der Waals surface area contributed by atoms with Gasteiger partial charge in [0.2, 0.25) is 11.8 Å². The van der Waals surface area contributed by atoms with Crippen molar-refractivity contribution in [3.05, 3.63) is 60.2 Å². The Morgan fingerprint density at radius 3 is 2.70 bits per heavy atom. The van der Waals surface area contributed by atoms with Crippen LogP contribution in [-0.2, 0) is 9.59 Å². The first-order chi connectivity index (χ1) is 16.0. The number of carbonyl (C=O) groups is 2. The van der Waals surface area contributed by atoms with Gasteiger partial charge in [-0.1, -0.05) is 24.3 Å². The molecule has 1 aromatic heterocycles. The fourth-order valence-electron chi connectivity index (χ4n) is 4.40. The third kappa shape index (κ3) is 3.86. The van der Waals surface area contributed by atoms with E-state index in [0.717, 1.165) is 46.3 Å². The SMILES string of the molecule is COc1cc2c(cc1NC(=O)CNc1cccc(N3CCCC3=O)c1C)oc1ccccc12. The van der Waals surface area contributed by atoms with Crippen molar-refractivity contribution >= 4 is 50.8 Å². The van der Waals surface area contributed by atoms with Crippen LogP contribution in [-0.4, -0.2) is 32.0 Å². The Kier molecular flexibility index (Phi) is 5.38. The summed E-state index contributed by atoms with van der Waals surface area (Å²) >= 11 is 0. The topological polar surface area (TPSA) is 83.8 Å². The van der Waals surface area contributed by atoms with Gasteiger partial charge < -0.3 is 24.7 Å². The maximum atomic E-state index is 12.7. The lowest BCUT2D eigenvalue weighted by atomic mass is 10.1. The molecule has 0 bridgehead atoms. The molecule has 0 saturated carbocycles. The molecule has 1 fully saturated rings. The number of para-hydroxylation sites is 1. The highest BCUT2D eigenvalue weighted by molar-refractivity contribution is 6.08. The number of hydrogen-bond acceptors (Lipinski definition) is 5. The number of nitrogens with zero attached hydrogens (tertiary/aromatic N) is 1. The lowest BCUT2D eigenvalue weighted by Crippen LogP contribution is -2.25. The first-order valence-corrected chi connectivity index (χ1v) is 11.0. The van der Waals surface area contributed by atoms with Crippen LogP contribution >= 0.6 is 0 Å². The molecule has 7 heteroatoms. The van der Waals surface area contributed by atoms with Crippen LogP contribution in [0, 0.1) is 6.92 Å². The molecule has 0 spiro atoms. The van der Waals surface area contributed by atoms with E-state index in [4.69, 9.17) is 9.15 Å². The summed E-state index contributed by atoms with van der Waals surface area (Å²) in [7, 11) is 1.58. The Bertz CT molecular complexity index is 1370. The zero-order valence-corrected chi connectivity index (χ0v) is 18.6. The second-order valence-electron chi connectivity index (χ2n) is 8.15. The van der Waals surface area contributed by atoms with Crippen LogP contribution in [0.1, 0.15) is 18.4 Å². The quantitative estimate of drug-likeness (QED) is 0.434. The second-order valence-corrected chi connectivity index (χ2v) is 8.15. The summed E-state index contributed by atoms with van der Waals surface area (Å²) in [6, 6.07) is 17.2. The van der Waals surface area contributed by atoms with E-state index < -0.39 is 0 Å². The van der Waals surface area contributed by atoms with Crippen molar-refractivity contribution in [2.24, 2.45) is 0 Å². The first kappa shape index (κ1) is 20.9. The largest absolute Gasteiger partial charge is 0.495 e. The maximum Gasteiger partial charge on any atom is 0.243 e. The molecular weight excluding hydrogens is 418 g/mol. The molecule has 0 unspecified atom stereocenters. The van der Waals surface area contributed by atoms with E-state index in [0.29, 0.717) is 23.4 Å². The molecule has 0 atom stereocenters. The standard InChI is InChI=1S/C26H25N3O4/c1-16-19(8-5-9-21(16)29-12-6-11-26(29)31)27-15-25(30)28-20-14-23-18(13-24(20)32-2)17-7-3-4-10-22(17)33-23/h3-5,7-10,13-14,27H,6,11-12,15H2,1-2H3,(H,28,30). The zero-order valence-electron chi connectivity index (χ0n) is 18.6. The molecular formula is C26H25N3O4. The smallest absolute Gasteiger partial charge is 0.243 e. The lowest BCUT2D eigenvalue weighted by Gasteiger charge is -2.20. The zero-order chi connectivity index (χ0) is 22.9. The molecule has 4 aromatic rings. The summed E-state index contributed by atoms with van der Waals surface area (Å²) in [5.41, 5.74) is 4.67. The normalized spacial score (nSPS) is 13.6. The van der Waals surface area contributed by atoms with Crippen molar-refractivity contribution < 1.29 is 18.7 Å². The summed E-state index contributed by atoms with van der Waals surface area (Å²) < 4.78 is 11.5. The maximum absolute atomic E-state index is 12.7. The van der Waals surface area contributed by atoms with Crippen molar-refractivity contribution in [2.45, 2.75) is 19.8 Å². The van der Waals surface area contributed by atoms with E-state index in [1.807, 2.05) is 60.4 Å². The van der Waals surface area contributed by atoms with E-state index in [1.54, 1.807) is 13.2 Å². The van der Waals surface area contributed by atoms with Gasteiger partial charge >= 0.3 is 0 Å². The summed E-state index contributed by atoms with van der Waals surface area (Å²) in [6.07, 6.45) is 1.45. The number of hydrogen-bond donors (Lipinski definition) is 2. The molecule has 1 aliphatic heterocycles. The number of nitrogens with one attached hydrogen (secondary N) is 2. The molecule has 0 aliphatic carbocycles. The molecule has 3 aromatic carbocycles. The molecule has 1 saturated heterocycles. The van der Waals surface area contributed by atoms with Crippen molar-refractivity contribution in [2.75, 3.05) is 35.7 Å². The van der Waals surface area contributed by atoms with Crippen molar-refractivity contribution in [1.82, 2.24) is 0 Å². The Balaban J connectivity index is 1.33. The number of furan rings is 1. The number of benzene rings is 3. The third-order valence-corrected chi connectivity index (χ3v) is 6.08. The minimum atomic E-state index is -0.217. The first-order valence-electron chi connectivity index (χ1n) is 11.0. The Morgan fingerprint density at radius 1 is 1.06 bits per heavy atom. The van der Waals surface area contributed by atoms with E-state index in [1.165, 1.54) is 0 Å². The van der Waals surface area contributed by atoms with Crippen LogP contribution in [0.2, 0.25) is 0 Å². The van der Waals surface area contributed by atoms with Gasteiger partial charge in [0, 0.05) is 41.2 Å². The molecule has 0 radical (unpaired) electrons. The highest BCUT2D eigenvalue weighted by atomic mass is 16.5. The summed E-state index contributed by atoms with van der Waals surface area (Å²) in [5, 5.41) is 8.04. The lowest BCUT2D eigenvalue weighted by molar-refractivity contribution is -0.117. The number of amides is 2. The molecule has 33 heavy (non-hydrogen) atoms. The number of methoxy groups -OCH3 is 1. The van der Waals surface area contributed by atoms with Gasteiger partial charge in [0.1, 0.15) is 16.9 Å². The predicted octanol–water partition coefficient (Wildman–Crippen LogP) is 5.08. The third-order valence-electron chi connectivity index (χ3n) is 6.08. The highest BCUT2D eigenvalue weighted by Gasteiger charge is 2.23.